The zero-order valence-corrected chi connectivity index (χ0v) is 16.1. The first-order valence-corrected chi connectivity index (χ1v) is 10.2. The Morgan fingerprint density at radius 1 is 0.828 bits per heavy atom. The van der Waals surface area contributed by atoms with Crippen molar-refractivity contribution in [2.24, 2.45) is 0 Å². The van der Waals surface area contributed by atoms with E-state index < -0.39 is 0 Å². The van der Waals surface area contributed by atoms with E-state index in [4.69, 9.17) is 0 Å². The summed E-state index contributed by atoms with van der Waals surface area (Å²) in [6.45, 7) is 0. The molecule has 0 radical (unpaired) electrons. The minimum atomic E-state index is 0.829. The number of hydrogen-bond acceptors (Lipinski definition) is 4. The minimum Gasteiger partial charge on any atom is -0.353 e. The second-order valence-corrected chi connectivity index (χ2v) is 7.64. The highest BCUT2D eigenvalue weighted by Crippen LogP contribution is 2.35. The van der Waals surface area contributed by atoms with Crippen LogP contribution in [0.5, 0.6) is 0 Å². The van der Waals surface area contributed by atoms with E-state index in [-0.39, 0.29) is 0 Å². The van der Waals surface area contributed by atoms with Gasteiger partial charge in [0.2, 0.25) is 0 Å². The van der Waals surface area contributed by atoms with Gasteiger partial charge in [0.25, 0.3) is 0 Å². The van der Waals surface area contributed by atoms with Crippen LogP contribution in [0.2, 0.25) is 0 Å². The van der Waals surface area contributed by atoms with Crippen molar-refractivity contribution in [3.63, 3.8) is 0 Å². The van der Waals surface area contributed by atoms with E-state index in [2.05, 4.69) is 66.2 Å². The number of benzene rings is 1. The number of H-pyrrole nitrogens is 2. The number of hydrogen-bond donors (Lipinski definition) is 2. The lowest BCUT2D eigenvalue weighted by molar-refractivity contribution is 1.11. The van der Waals surface area contributed by atoms with Crippen molar-refractivity contribution < 1.29 is 0 Å². The molecule has 5 aromatic heterocycles. The van der Waals surface area contributed by atoms with E-state index in [0.29, 0.717) is 0 Å². The summed E-state index contributed by atoms with van der Waals surface area (Å²) in [4.78, 5) is 12.5. The zero-order valence-electron chi connectivity index (χ0n) is 15.3. The molecule has 0 spiro atoms. The molecule has 6 rings (SSSR count). The van der Waals surface area contributed by atoms with E-state index in [9.17, 15) is 0 Å². The molecule has 0 amide bonds. The lowest BCUT2D eigenvalue weighted by atomic mass is 10.0. The third-order valence-corrected chi connectivity index (χ3v) is 5.81. The van der Waals surface area contributed by atoms with Crippen LogP contribution in [0, 0.1) is 0 Å². The Hall–Kier alpha value is -3.77. The van der Waals surface area contributed by atoms with Gasteiger partial charge < -0.3 is 4.98 Å². The molecule has 6 aromatic rings. The van der Waals surface area contributed by atoms with Crippen molar-refractivity contribution in [1.29, 1.82) is 0 Å². The fourth-order valence-electron chi connectivity index (χ4n) is 3.73. The van der Waals surface area contributed by atoms with Crippen LogP contribution in [0.4, 0.5) is 0 Å². The first kappa shape index (κ1) is 16.2. The van der Waals surface area contributed by atoms with Gasteiger partial charge in [-0.05, 0) is 58.3 Å². The number of pyridine rings is 2. The summed E-state index contributed by atoms with van der Waals surface area (Å²) in [6.07, 6.45) is 3.59. The molecule has 5 nitrogen and oxygen atoms in total. The van der Waals surface area contributed by atoms with Crippen LogP contribution in [0.15, 0.2) is 77.8 Å². The molecule has 0 saturated carbocycles. The summed E-state index contributed by atoms with van der Waals surface area (Å²) in [6, 6.07) is 18.6. The molecule has 0 unspecified atom stereocenters. The molecule has 29 heavy (non-hydrogen) atoms. The smallest absolute Gasteiger partial charge is 0.116 e. The average Bonchev–Trinajstić information content (AvgIpc) is 3.52. The van der Waals surface area contributed by atoms with Crippen LogP contribution in [0.3, 0.4) is 0 Å². The Bertz CT molecular complexity index is 1450. The van der Waals surface area contributed by atoms with Gasteiger partial charge >= 0.3 is 0 Å². The van der Waals surface area contributed by atoms with Gasteiger partial charge in [-0.25, -0.2) is 0 Å². The predicted octanol–water partition coefficient (Wildman–Crippen LogP) is 5.90. The Morgan fingerprint density at radius 3 is 2.69 bits per heavy atom. The maximum Gasteiger partial charge on any atom is 0.116 e. The van der Waals surface area contributed by atoms with Crippen LogP contribution in [-0.4, -0.2) is 25.1 Å². The minimum absolute atomic E-state index is 0.829. The highest BCUT2D eigenvalue weighted by molar-refractivity contribution is 7.08. The fraction of sp³-hybridized carbons (Fsp3) is 0. The first-order valence-electron chi connectivity index (χ1n) is 9.27. The molecule has 0 fully saturated rings. The van der Waals surface area contributed by atoms with E-state index in [0.717, 1.165) is 39.2 Å². The maximum absolute atomic E-state index is 4.57. The Balaban J connectivity index is 1.53. The Labute approximate surface area is 170 Å². The maximum atomic E-state index is 4.57. The summed E-state index contributed by atoms with van der Waals surface area (Å²) in [5.41, 5.74) is 7.99. The quantitative estimate of drug-likeness (QED) is 0.393. The molecular formula is C23H15N5S. The number of nitrogens with zero attached hydrogens (tertiary/aromatic N) is 3. The molecule has 138 valence electrons. The number of fused-ring (bicyclic) bond motifs is 2. The van der Waals surface area contributed by atoms with Crippen LogP contribution < -0.4 is 0 Å². The number of aromatic nitrogens is 5. The van der Waals surface area contributed by atoms with Crippen molar-refractivity contribution in [3.8, 4) is 33.9 Å². The van der Waals surface area contributed by atoms with Gasteiger partial charge in [0, 0.05) is 22.5 Å². The van der Waals surface area contributed by atoms with Crippen molar-refractivity contribution in [2.45, 2.75) is 0 Å². The lowest BCUT2D eigenvalue weighted by Crippen LogP contribution is -1.86. The summed E-state index contributed by atoms with van der Waals surface area (Å²) in [5.74, 6) is 0. The van der Waals surface area contributed by atoms with Crippen molar-refractivity contribution in [3.05, 3.63) is 77.8 Å². The zero-order chi connectivity index (χ0) is 19.2. The molecule has 1 aromatic carbocycles. The third kappa shape index (κ3) is 2.65. The second kappa shape index (κ2) is 6.39. The standard InChI is InChI=1S/C23H15N5S/c1-2-8-24-19(5-1)20-11-17-22(12-25-20)27-28-23(17)21-10-16-15(14-7-9-29-13-14)4-3-6-18(16)26-21/h1-13,26H,(H,27,28). The van der Waals surface area contributed by atoms with E-state index in [1.165, 1.54) is 16.5 Å². The molecule has 2 N–H and O–H groups in total. The molecule has 0 saturated heterocycles. The van der Waals surface area contributed by atoms with E-state index in [1.807, 2.05) is 30.5 Å². The third-order valence-electron chi connectivity index (χ3n) is 5.13. The summed E-state index contributed by atoms with van der Waals surface area (Å²) in [5, 5.41) is 14.2. The van der Waals surface area contributed by atoms with Crippen LogP contribution in [0.25, 0.3) is 55.7 Å². The molecule has 0 aliphatic rings. The molecular weight excluding hydrogens is 378 g/mol. The summed E-state index contributed by atoms with van der Waals surface area (Å²) in [7, 11) is 0. The van der Waals surface area contributed by atoms with Crippen molar-refractivity contribution >= 4 is 33.1 Å². The monoisotopic (exact) mass is 393 g/mol. The molecule has 0 bridgehead atoms. The molecule has 6 heteroatoms. The molecule has 0 aliphatic carbocycles. The number of nitrogens with one attached hydrogen (secondary N) is 2. The number of thiophene rings is 1. The Kier molecular flexibility index (Phi) is 3.57. The van der Waals surface area contributed by atoms with Crippen molar-refractivity contribution in [1.82, 2.24) is 25.1 Å². The van der Waals surface area contributed by atoms with Gasteiger partial charge in [-0.2, -0.15) is 16.4 Å². The largest absolute Gasteiger partial charge is 0.353 e. The molecule has 0 aliphatic heterocycles. The SMILES string of the molecule is c1ccc(-c2cc3c(-c4cc5c(-c6ccsc6)cccc5[nH]4)n[nH]c3cn2)nc1. The van der Waals surface area contributed by atoms with Gasteiger partial charge in [-0.3, -0.25) is 15.1 Å². The molecule has 5 heterocycles. The van der Waals surface area contributed by atoms with E-state index in [1.54, 1.807) is 17.5 Å². The summed E-state index contributed by atoms with van der Waals surface area (Å²) >= 11 is 1.71. The van der Waals surface area contributed by atoms with Gasteiger partial charge in [0.1, 0.15) is 5.69 Å². The van der Waals surface area contributed by atoms with Crippen molar-refractivity contribution in [2.75, 3.05) is 0 Å². The van der Waals surface area contributed by atoms with Crippen LogP contribution in [-0.2, 0) is 0 Å². The topological polar surface area (TPSA) is 70.2 Å². The highest BCUT2D eigenvalue weighted by atomic mass is 32.1. The van der Waals surface area contributed by atoms with Gasteiger partial charge in [-0.1, -0.05) is 18.2 Å². The fourth-order valence-corrected chi connectivity index (χ4v) is 4.38. The van der Waals surface area contributed by atoms with Gasteiger partial charge in [-0.15, -0.1) is 0 Å². The van der Waals surface area contributed by atoms with Gasteiger partial charge in [0.15, 0.2) is 0 Å². The normalized spacial score (nSPS) is 11.4. The number of rotatable bonds is 3. The molecule has 0 atom stereocenters. The van der Waals surface area contributed by atoms with Crippen LogP contribution in [0.1, 0.15) is 0 Å². The van der Waals surface area contributed by atoms with Gasteiger partial charge in [0.05, 0.1) is 28.8 Å². The Morgan fingerprint density at radius 2 is 1.83 bits per heavy atom. The highest BCUT2D eigenvalue weighted by Gasteiger charge is 2.15. The average molecular weight is 393 g/mol. The second-order valence-electron chi connectivity index (χ2n) is 6.86. The summed E-state index contributed by atoms with van der Waals surface area (Å²) < 4.78 is 0. The predicted molar refractivity (Wildman–Crippen MR) is 118 cm³/mol. The lowest BCUT2D eigenvalue weighted by Gasteiger charge is -2.00. The van der Waals surface area contributed by atoms with Crippen LogP contribution >= 0.6 is 11.3 Å². The number of aromatic amines is 2. The first-order chi connectivity index (χ1) is 14.4. The van der Waals surface area contributed by atoms with E-state index >= 15 is 0 Å².